The number of benzene rings is 1. The van der Waals surface area contributed by atoms with Gasteiger partial charge in [-0.2, -0.15) is 0 Å². The molecule has 0 amide bonds. The van der Waals surface area contributed by atoms with Crippen molar-refractivity contribution < 1.29 is 14.9 Å². The fourth-order valence-electron chi connectivity index (χ4n) is 1.19. The molecule has 0 saturated heterocycles. The normalized spacial score (nSPS) is 10.1. The van der Waals surface area contributed by atoms with E-state index in [1.54, 1.807) is 6.07 Å². The SMILES string of the molecule is CCCCCOc1c(O)cccc1O. The van der Waals surface area contributed by atoms with Crippen LogP contribution in [0, 0.1) is 0 Å². The van der Waals surface area contributed by atoms with Crippen LogP contribution in [0.2, 0.25) is 0 Å². The second-order valence-corrected chi connectivity index (χ2v) is 3.18. The number of hydrogen-bond acceptors (Lipinski definition) is 3. The molecular formula is C11H16O3. The topological polar surface area (TPSA) is 49.7 Å². The first kappa shape index (κ1) is 10.7. The lowest BCUT2D eigenvalue weighted by molar-refractivity contribution is 0.275. The summed E-state index contributed by atoms with van der Waals surface area (Å²) >= 11 is 0. The molecule has 0 fully saturated rings. The lowest BCUT2D eigenvalue weighted by atomic mass is 10.2. The average Bonchev–Trinajstić information content (AvgIpc) is 2.16. The Balaban J connectivity index is 2.49. The molecule has 3 heteroatoms. The molecule has 14 heavy (non-hydrogen) atoms. The highest BCUT2D eigenvalue weighted by Crippen LogP contribution is 2.34. The Labute approximate surface area is 84.0 Å². The number of phenolic OH excluding ortho intramolecular Hbond substituents is 2. The molecule has 3 nitrogen and oxygen atoms in total. The number of ether oxygens (including phenoxy) is 1. The quantitative estimate of drug-likeness (QED) is 0.712. The zero-order valence-electron chi connectivity index (χ0n) is 8.36. The summed E-state index contributed by atoms with van der Waals surface area (Å²) in [6.45, 7) is 2.64. The first-order valence-corrected chi connectivity index (χ1v) is 4.89. The molecule has 0 spiro atoms. The van der Waals surface area contributed by atoms with Gasteiger partial charge in [-0.1, -0.05) is 25.8 Å². The molecule has 0 aliphatic carbocycles. The third kappa shape index (κ3) is 2.83. The molecule has 0 atom stereocenters. The highest BCUT2D eigenvalue weighted by atomic mass is 16.5. The predicted octanol–water partition coefficient (Wildman–Crippen LogP) is 2.67. The summed E-state index contributed by atoms with van der Waals surface area (Å²) in [5, 5.41) is 18.7. The highest BCUT2D eigenvalue weighted by molar-refractivity contribution is 5.49. The zero-order valence-corrected chi connectivity index (χ0v) is 8.36. The van der Waals surface area contributed by atoms with Gasteiger partial charge in [-0.25, -0.2) is 0 Å². The first-order valence-electron chi connectivity index (χ1n) is 4.89. The van der Waals surface area contributed by atoms with Crippen molar-refractivity contribution >= 4 is 0 Å². The lowest BCUT2D eigenvalue weighted by Crippen LogP contribution is -1.97. The van der Waals surface area contributed by atoms with Crippen LogP contribution in [0.25, 0.3) is 0 Å². The summed E-state index contributed by atoms with van der Waals surface area (Å²) in [5.74, 6) is 0.159. The van der Waals surface area contributed by atoms with Gasteiger partial charge in [0.2, 0.25) is 5.75 Å². The van der Waals surface area contributed by atoms with E-state index in [-0.39, 0.29) is 17.2 Å². The van der Waals surface area contributed by atoms with Crippen molar-refractivity contribution in [3.63, 3.8) is 0 Å². The van der Waals surface area contributed by atoms with Crippen LogP contribution in [0.1, 0.15) is 26.2 Å². The Hall–Kier alpha value is -1.38. The van der Waals surface area contributed by atoms with E-state index < -0.39 is 0 Å². The third-order valence-electron chi connectivity index (χ3n) is 1.97. The maximum Gasteiger partial charge on any atom is 0.203 e. The van der Waals surface area contributed by atoms with Gasteiger partial charge in [0.05, 0.1) is 6.61 Å². The molecule has 0 unspecified atom stereocenters. The van der Waals surface area contributed by atoms with Gasteiger partial charge in [-0.15, -0.1) is 0 Å². The summed E-state index contributed by atoms with van der Waals surface area (Å²) in [4.78, 5) is 0. The van der Waals surface area contributed by atoms with Crippen molar-refractivity contribution in [3.8, 4) is 17.2 Å². The van der Waals surface area contributed by atoms with Crippen LogP contribution in [-0.2, 0) is 0 Å². The van der Waals surface area contributed by atoms with Crippen LogP contribution in [0.15, 0.2) is 18.2 Å². The molecule has 0 heterocycles. The Morgan fingerprint density at radius 3 is 2.36 bits per heavy atom. The smallest absolute Gasteiger partial charge is 0.203 e. The highest BCUT2D eigenvalue weighted by Gasteiger charge is 2.06. The van der Waals surface area contributed by atoms with Crippen molar-refractivity contribution in [1.29, 1.82) is 0 Å². The molecule has 78 valence electrons. The van der Waals surface area contributed by atoms with E-state index in [0.717, 1.165) is 19.3 Å². The third-order valence-corrected chi connectivity index (χ3v) is 1.97. The van der Waals surface area contributed by atoms with Gasteiger partial charge in [0.1, 0.15) is 0 Å². The second-order valence-electron chi connectivity index (χ2n) is 3.18. The van der Waals surface area contributed by atoms with Crippen molar-refractivity contribution in [2.24, 2.45) is 0 Å². The number of hydrogen-bond donors (Lipinski definition) is 2. The van der Waals surface area contributed by atoms with Crippen molar-refractivity contribution in [1.82, 2.24) is 0 Å². The number of para-hydroxylation sites is 1. The standard InChI is InChI=1S/C11H16O3/c1-2-3-4-8-14-11-9(12)6-5-7-10(11)13/h5-7,12-13H,2-4,8H2,1H3. The van der Waals surface area contributed by atoms with E-state index in [0.29, 0.717) is 6.61 Å². The van der Waals surface area contributed by atoms with E-state index in [4.69, 9.17) is 4.74 Å². The van der Waals surface area contributed by atoms with E-state index in [1.165, 1.54) is 12.1 Å². The minimum Gasteiger partial charge on any atom is -0.504 e. The number of rotatable bonds is 5. The number of unbranched alkanes of at least 4 members (excludes halogenated alkanes) is 2. The molecule has 0 aliphatic rings. The molecule has 0 radical (unpaired) electrons. The van der Waals surface area contributed by atoms with E-state index >= 15 is 0 Å². The van der Waals surface area contributed by atoms with E-state index in [9.17, 15) is 10.2 Å². The molecular weight excluding hydrogens is 180 g/mol. The monoisotopic (exact) mass is 196 g/mol. The number of phenols is 2. The lowest BCUT2D eigenvalue weighted by Gasteiger charge is -2.08. The van der Waals surface area contributed by atoms with Gasteiger partial charge in [-0.3, -0.25) is 0 Å². The van der Waals surface area contributed by atoms with Gasteiger partial charge in [0.15, 0.2) is 11.5 Å². The molecule has 1 rings (SSSR count). The largest absolute Gasteiger partial charge is 0.504 e. The van der Waals surface area contributed by atoms with Crippen LogP contribution in [0.3, 0.4) is 0 Å². The van der Waals surface area contributed by atoms with Gasteiger partial charge in [0, 0.05) is 0 Å². The van der Waals surface area contributed by atoms with Crippen LogP contribution >= 0.6 is 0 Å². The average molecular weight is 196 g/mol. The minimum atomic E-state index is -0.0125. The van der Waals surface area contributed by atoms with E-state index in [2.05, 4.69) is 6.92 Å². The van der Waals surface area contributed by atoms with Crippen LogP contribution in [0.4, 0.5) is 0 Å². The van der Waals surface area contributed by atoms with Gasteiger partial charge in [0.25, 0.3) is 0 Å². The Morgan fingerprint density at radius 2 is 1.79 bits per heavy atom. The molecule has 1 aromatic carbocycles. The zero-order chi connectivity index (χ0) is 10.4. The molecule has 1 aromatic rings. The van der Waals surface area contributed by atoms with Crippen LogP contribution in [0.5, 0.6) is 17.2 Å². The Morgan fingerprint density at radius 1 is 1.14 bits per heavy atom. The maximum absolute atomic E-state index is 9.36. The molecule has 0 aromatic heterocycles. The number of aromatic hydroxyl groups is 2. The van der Waals surface area contributed by atoms with Crippen LogP contribution in [-0.4, -0.2) is 16.8 Å². The second kappa shape index (κ2) is 5.37. The van der Waals surface area contributed by atoms with E-state index in [1.807, 2.05) is 0 Å². The maximum atomic E-state index is 9.36. The molecule has 0 bridgehead atoms. The Kier molecular flexibility index (Phi) is 4.11. The summed E-state index contributed by atoms with van der Waals surface area (Å²) in [6, 6.07) is 4.56. The summed E-state index contributed by atoms with van der Waals surface area (Å²) in [7, 11) is 0. The van der Waals surface area contributed by atoms with Crippen molar-refractivity contribution in [3.05, 3.63) is 18.2 Å². The summed E-state index contributed by atoms with van der Waals surface area (Å²) < 4.78 is 5.27. The molecule has 2 N–H and O–H groups in total. The fraction of sp³-hybridized carbons (Fsp3) is 0.455. The molecule has 0 aliphatic heterocycles. The minimum absolute atomic E-state index is 0.0125. The van der Waals surface area contributed by atoms with Crippen molar-refractivity contribution in [2.75, 3.05) is 6.61 Å². The summed E-state index contributed by atoms with van der Waals surface area (Å²) in [6.07, 6.45) is 3.15. The first-order chi connectivity index (χ1) is 6.75. The predicted molar refractivity (Wildman–Crippen MR) is 54.8 cm³/mol. The van der Waals surface area contributed by atoms with Gasteiger partial charge >= 0.3 is 0 Å². The fourth-order valence-corrected chi connectivity index (χ4v) is 1.19. The summed E-state index contributed by atoms with van der Waals surface area (Å²) in [5.41, 5.74) is 0. The van der Waals surface area contributed by atoms with Gasteiger partial charge in [-0.05, 0) is 18.6 Å². The van der Waals surface area contributed by atoms with Crippen molar-refractivity contribution in [2.45, 2.75) is 26.2 Å². The van der Waals surface area contributed by atoms with Crippen LogP contribution < -0.4 is 4.74 Å². The Bertz CT molecular complexity index is 264. The van der Waals surface area contributed by atoms with Gasteiger partial charge < -0.3 is 14.9 Å². The molecule has 0 saturated carbocycles.